The molecule has 1 aromatic carbocycles. The topological polar surface area (TPSA) is 61.8 Å². The van der Waals surface area contributed by atoms with Crippen molar-refractivity contribution in [2.75, 3.05) is 31.6 Å². The van der Waals surface area contributed by atoms with Gasteiger partial charge in [0.15, 0.2) is 0 Å². The van der Waals surface area contributed by atoms with E-state index in [-0.39, 0.29) is 18.6 Å². The molecular weight excluding hydrogens is 268 g/mol. The molecule has 0 saturated carbocycles. The molecule has 1 saturated heterocycles. The Bertz CT molecular complexity index is 447. The molecule has 2 N–H and O–H groups in total. The minimum absolute atomic E-state index is 0.0919. The van der Waals surface area contributed by atoms with Gasteiger partial charge in [0.1, 0.15) is 0 Å². The molecule has 21 heavy (non-hydrogen) atoms. The number of piperidine rings is 1. The second-order valence-electron chi connectivity index (χ2n) is 5.40. The third-order valence-electron chi connectivity index (χ3n) is 3.74. The van der Waals surface area contributed by atoms with Gasteiger partial charge in [-0.25, -0.2) is 4.79 Å². The van der Waals surface area contributed by atoms with Crippen molar-refractivity contribution in [3.8, 4) is 0 Å². The van der Waals surface area contributed by atoms with Gasteiger partial charge in [0, 0.05) is 32.0 Å². The van der Waals surface area contributed by atoms with Crippen molar-refractivity contribution in [2.45, 2.75) is 26.4 Å². The Morgan fingerprint density at radius 1 is 1.43 bits per heavy atom. The molecule has 2 amide bonds. The fraction of sp³-hybridized carbons (Fsp3) is 0.562. The average molecular weight is 292 g/mol. The van der Waals surface area contributed by atoms with E-state index in [1.165, 1.54) is 0 Å². The van der Waals surface area contributed by atoms with Crippen LogP contribution in [0.1, 0.15) is 25.3 Å². The number of aliphatic hydroxyl groups excluding tert-OH is 1. The summed E-state index contributed by atoms with van der Waals surface area (Å²) in [5.41, 5.74) is 1.87. The van der Waals surface area contributed by atoms with Gasteiger partial charge < -0.3 is 20.1 Å². The number of likely N-dealkylation sites (tertiary alicyclic amines) is 1. The molecule has 1 heterocycles. The molecule has 0 aliphatic carbocycles. The van der Waals surface area contributed by atoms with Gasteiger partial charge in [-0.15, -0.1) is 0 Å². The zero-order valence-electron chi connectivity index (χ0n) is 12.5. The van der Waals surface area contributed by atoms with Crippen LogP contribution >= 0.6 is 0 Å². The first-order valence-corrected chi connectivity index (χ1v) is 7.56. The van der Waals surface area contributed by atoms with Crippen molar-refractivity contribution in [3.05, 3.63) is 29.8 Å². The Hall–Kier alpha value is -1.59. The maximum Gasteiger partial charge on any atom is 0.321 e. The van der Waals surface area contributed by atoms with E-state index in [9.17, 15) is 9.90 Å². The molecule has 0 spiro atoms. The highest BCUT2D eigenvalue weighted by molar-refractivity contribution is 5.89. The fourth-order valence-corrected chi connectivity index (χ4v) is 2.51. The lowest BCUT2D eigenvalue weighted by Crippen LogP contribution is -2.43. The number of rotatable bonds is 5. The molecule has 1 aliphatic rings. The van der Waals surface area contributed by atoms with Crippen LogP contribution in [0.5, 0.6) is 0 Å². The van der Waals surface area contributed by atoms with E-state index in [2.05, 4.69) is 5.32 Å². The van der Waals surface area contributed by atoms with Crippen LogP contribution in [-0.2, 0) is 11.3 Å². The second-order valence-corrected chi connectivity index (χ2v) is 5.40. The van der Waals surface area contributed by atoms with E-state index < -0.39 is 0 Å². The van der Waals surface area contributed by atoms with Crippen molar-refractivity contribution >= 4 is 11.7 Å². The lowest BCUT2D eigenvalue weighted by molar-refractivity contribution is 0.134. The van der Waals surface area contributed by atoms with Crippen molar-refractivity contribution in [3.63, 3.8) is 0 Å². The predicted octanol–water partition coefficient (Wildman–Crippen LogP) is 2.46. The van der Waals surface area contributed by atoms with Crippen molar-refractivity contribution in [2.24, 2.45) is 5.92 Å². The number of urea groups is 1. The second kappa shape index (κ2) is 8.00. The Balaban J connectivity index is 1.87. The van der Waals surface area contributed by atoms with E-state index in [0.717, 1.165) is 30.6 Å². The van der Waals surface area contributed by atoms with Gasteiger partial charge in [-0.05, 0) is 43.4 Å². The molecule has 0 aromatic heterocycles. The fourth-order valence-electron chi connectivity index (χ4n) is 2.51. The van der Waals surface area contributed by atoms with Crippen LogP contribution < -0.4 is 5.32 Å². The summed E-state index contributed by atoms with van der Waals surface area (Å²) < 4.78 is 5.34. The SMILES string of the molecule is CCOCc1ccc(NC(=O)N2CCCC(CO)C2)cc1. The van der Waals surface area contributed by atoms with Gasteiger partial charge in [-0.3, -0.25) is 0 Å². The number of nitrogens with one attached hydrogen (secondary N) is 1. The first-order valence-electron chi connectivity index (χ1n) is 7.56. The van der Waals surface area contributed by atoms with Crippen LogP contribution in [-0.4, -0.2) is 42.3 Å². The number of hydrogen-bond acceptors (Lipinski definition) is 3. The lowest BCUT2D eigenvalue weighted by atomic mass is 9.99. The molecule has 2 rings (SSSR count). The minimum Gasteiger partial charge on any atom is -0.396 e. The Labute approximate surface area is 125 Å². The van der Waals surface area contributed by atoms with Crippen LogP contribution in [0.25, 0.3) is 0 Å². The first kappa shape index (κ1) is 15.8. The molecule has 116 valence electrons. The number of carbonyl (C=O) groups excluding carboxylic acids is 1. The van der Waals surface area contributed by atoms with Crippen LogP contribution in [0.3, 0.4) is 0 Å². The third-order valence-corrected chi connectivity index (χ3v) is 3.74. The molecule has 5 nitrogen and oxygen atoms in total. The number of hydrogen-bond donors (Lipinski definition) is 2. The van der Waals surface area contributed by atoms with Crippen LogP contribution in [0, 0.1) is 5.92 Å². The van der Waals surface area contributed by atoms with Gasteiger partial charge in [-0.1, -0.05) is 12.1 Å². The number of aliphatic hydroxyl groups is 1. The smallest absolute Gasteiger partial charge is 0.321 e. The molecule has 1 unspecified atom stereocenters. The molecule has 5 heteroatoms. The van der Waals surface area contributed by atoms with Crippen molar-refractivity contribution in [1.82, 2.24) is 4.90 Å². The number of benzene rings is 1. The standard InChI is InChI=1S/C16H24N2O3/c1-2-21-12-13-5-7-15(8-6-13)17-16(20)18-9-3-4-14(10-18)11-19/h5-8,14,19H,2-4,9-12H2,1H3,(H,17,20). The highest BCUT2D eigenvalue weighted by Gasteiger charge is 2.22. The Kier molecular flexibility index (Phi) is 6.02. The van der Waals surface area contributed by atoms with Gasteiger partial charge in [-0.2, -0.15) is 0 Å². The molecule has 0 radical (unpaired) electrons. The lowest BCUT2D eigenvalue weighted by Gasteiger charge is -2.31. The van der Waals surface area contributed by atoms with Crippen LogP contribution in [0.4, 0.5) is 10.5 Å². The highest BCUT2D eigenvalue weighted by Crippen LogP contribution is 2.17. The largest absolute Gasteiger partial charge is 0.396 e. The number of nitrogens with zero attached hydrogens (tertiary/aromatic N) is 1. The van der Waals surface area contributed by atoms with E-state index in [0.29, 0.717) is 19.8 Å². The van der Waals surface area contributed by atoms with Gasteiger partial charge in [0.2, 0.25) is 0 Å². The molecule has 1 fully saturated rings. The first-order chi connectivity index (χ1) is 10.2. The monoisotopic (exact) mass is 292 g/mol. The summed E-state index contributed by atoms with van der Waals surface area (Å²) in [5, 5.41) is 12.1. The molecule has 1 aromatic rings. The Morgan fingerprint density at radius 3 is 2.86 bits per heavy atom. The average Bonchev–Trinajstić information content (AvgIpc) is 2.54. The summed E-state index contributed by atoms with van der Waals surface area (Å²) in [6.07, 6.45) is 1.94. The third kappa shape index (κ3) is 4.72. The maximum atomic E-state index is 12.2. The molecule has 1 aliphatic heterocycles. The van der Waals surface area contributed by atoms with E-state index >= 15 is 0 Å². The van der Waals surface area contributed by atoms with Crippen molar-refractivity contribution < 1.29 is 14.6 Å². The summed E-state index contributed by atoms with van der Waals surface area (Å²) >= 11 is 0. The predicted molar refractivity (Wildman–Crippen MR) is 82.2 cm³/mol. The van der Waals surface area contributed by atoms with Crippen LogP contribution in [0.2, 0.25) is 0 Å². The highest BCUT2D eigenvalue weighted by atomic mass is 16.5. The van der Waals surface area contributed by atoms with E-state index in [1.54, 1.807) is 4.90 Å². The summed E-state index contributed by atoms with van der Waals surface area (Å²) in [6, 6.07) is 7.60. The summed E-state index contributed by atoms with van der Waals surface area (Å²) in [4.78, 5) is 14.0. The van der Waals surface area contributed by atoms with Gasteiger partial charge in [0.05, 0.1) is 6.61 Å². The van der Waals surface area contributed by atoms with Crippen molar-refractivity contribution in [1.29, 1.82) is 0 Å². The normalized spacial score (nSPS) is 18.6. The molecular formula is C16H24N2O3. The zero-order valence-corrected chi connectivity index (χ0v) is 12.5. The maximum absolute atomic E-state index is 12.2. The van der Waals surface area contributed by atoms with E-state index in [1.807, 2.05) is 31.2 Å². The van der Waals surface area contributed by atoms with E-state index in [4.69, 9.17) is 4.74 Å². The number of ether oxygens (including phenoxy) is 1. The quantitative estimate of drug-likeness (QED) is 0.876. The molecule has 1 atom stereocenters. The minimum atomic E-state index is -0.0919. The Morgan fingerprint density at radius 2 is 2.19 bits per heavy atom. The molecule has 0 bridgehead atoms. The number of anilines is 1. The summed E-state index contributed by atoms with van der Waals surface area (Å²) in [6.45, 7) is 4.78. The van der Waals surface area contributed by atoms with Gasteiger partial charge >= 0.3 is 6.03 Å². The number of amides is 2. The van der Waals surface area contributed by atoms with Gasteiger partial charge in [0.25, 0.3) is 0 Å². The number of carbonyl (C=O) groups is 1. The summed E-state index contributed by atoms with van der Waals surface area (Å²) in [7, 11) is 0. The summed E-state index contributed by atoms with van der Waals surface area (Å²) in [5.74, 6) is 0.207. The van der Waals surface area contributed by atoms with Crippen LogP contribution in [0.15, 0.2) is 24.3 Å². The zero-order chi connectivity index (χ0) is 15.1.